The first-order chi connectivity index (χ1) is 24.7. The van der Waals surface area contributed by atoms with Crippen LogP contribution in [-0.2, 0) is 5.41 Å². The van der Waals surface area contributed by atoms with Crippen molar-refractivity contribution in [3.8, 4) is 16.8 Å². The minimum Gasteiger partial charge on any atom is -0.310 e. The Balaban J connectivity index is 1.25. The van der Waals surface area contributed by atoms with Crippen molar-refractivity contribution in [2.24, 2.45) is 0 Å². The molecular weight excluding hydrogens is 605 g/mol. The fraction of sp³-hybridized carbons (Fsp3) is 0.0417. The summed E-state index contributed by atoms with van der Waals surface area (Å²) in [5, 5.41) is 5.07. The second kappa shape index (κ2) is 11.1. The summed E-state index contributed by atoms with van der Waals surface area (Å²) >= 11 is 0. The summed E-state index contributed by atoms with van der Waals surface area (Å²) in [7, 11) is 0. The van der Waals surface area contributed by atoms with Gasteiger partial charge in [0.1, 0.15) is 0 Å². The zero-order chi connectivity index (χ0) is 33.2. The molecule has 0 spiro atoms. The van der Waals surface area contributed by atoms with Crippen molar-refractivity contribution < 1.29 is 0 Å². The van der Waals surface area contributed by atoms with Crippen molar-refractivity contribution >= 4 is 49.6 Å². The van der Waals surface area contributed by atoms with Gasteiger partial charge >= 0.3 is 0 Å². The van der Waals surface area contributed by atoms with E-state index in [4.69, 9.17) is 0 Å². The van der Waals surface area contributed by atoms with E-state index in [-0.39, 0.29) is 5.41 Å². The van der Waals surface area contributed by atoms with Crippen LogP contribution in [0.3, 0.4) is 0 Å². The maximum absolute atomic E-state index is 2.47. The number of benzene rings is 8. The first kappa shape index (κ1) is 28.6. The number of nitrogens with zero attached hydrogens (tertiary/aromatic N) is 2. The predicted molar refractivity (Wildman–Crippen MR) is 210 cm³/mol. The van der Waals surface area contributed by atoms with Gasteiger partial charge in [0.05, 0.1) is 11.0 Å². The van der Waals surface area contributed by atoms with Crippen LogP contribution in [0.5, 0.6) is 0 Å². The summed E-state index contributed by atoms with van der Waals surface area (Å²) in [5.41, 5.74) is 13.3. The minimum absolute atomic E-state index is 0.316. The number of hydrogen-bond acceptors (Lipinski definition) is 1. The first-order valence-electron chi connectivity index (χ1n) is 17.4. The molecular formula is C48H34N2. The monoisotopic (exact) mass is 638 g/mol. The quantitative estimate of drug-likeness (QED) is 0.182. The standard InChI is InChI=1S/C48H34N2/c1-48(43-24-14-13-23-40(43)47-39-22-12-11-15-33(39)25-28-44(47)48)34-26-29-45-41(31-34)42-32-38(27-30-46(42)50(45)37-20-9-4-10-21-37)49(35-16-5-2-6-17-35)36-18-7-3-8-19-36/h2-32H,1H3. The molecule has 50 heavy (non-hydrogen) atoms. The smallest absolute Gasteiger partial charge is 0.0542 e. The molecule has 1 atom stereocenters. The minimum atomic E-state index is -0.316. The zero-order valence-corrected chi connectivity index (χ0v) is 27.8. The Morgan fingerprint density at radius 3 is 1.78 bits per heavy atom. The van der Waals surface area contributed by atoms with Gasteiger partial charge in [0.2, 0.25) is 0 Å². The highest BCUT2D eigenvalue weighted by Crippen LogP contribution is 2.55. The van der Waals surface area contributed by atoms with Crippen LogP contribution >= 0.6 is 0 Å². The zero-order valence-electron chi connectivity index (χ0n) is 27.8. The van der Waals surface area contributed by atoms with Gasteiger partial charge in [0.15, 0.2) is 0 Å². The van der Waals surface area contributed by atoms with E-state index in [0.717, 1.165) is 22.7 Å². The average molecular weight is 639 g/mol. The van der Waals surface area contributed by atoms with Gasteiger partial charge in [-0.1, -0.05) is 121 Å². The molecule has 1 unspecified atom stereocenters. The van der Waals surface area contributed by atoms with E-state index in [9.17, 15) is 0 Å². The number of aromatic nitrogens is 1. The van der Waals surface area contributed by atoms with Crippen molar-refractivity contribution in [1.82, 2.24) is 4.57 Å². The molecule has 10 rings (SSSR count). The summed E-state index contributed by atoms with van der Waals surface area (Å²) in [4.78, 5) is 2.35. The number of rotatable bonds is 5. The molecule has 2 nitrogen and oxygen atoms in total. The molecule has 0 saturated heterocycles. The maximum atomic E-state index is 2.47. The molecule has 0 saturated carbocycles. The fourth-order valence-corrected chi connectivity index (χ4v) is 8.49. The summed E-state index contributed by atoms with van der Waals surface area (Å²) in [6.07, 6.45) is 0. The molecule has 0 aliphatic heterocycles. The van der Waals surface area contributed by atoms with Crippen LogP contribution in [0.1, 0.15) is 23.6 Å². The van der Waals surface area contributed by atoms with E-state index in [1.165, 1.54) is 60.4 Å². The van der Waals surface area contributed by atoms with Crippen molar-refractivity contribution in [3.05, 3.63) is 205 Å². The molecule has 0 N–H and O–H groups in total. The number of hydrogen-bond donors (Lipinski definition) is 0. The summed E-state index contributed by atoms with van der Waals surface area (Å²) in [6.45, 7) is 2.42. The molecule has 1 heterocycles. The summed E-state index contributed by atoms with van der Waals surface area (Å²) in [6, 6.07) is 68.7. The van der Waals surface area contributed by atoms with Crippen LogP contribution in [0.15, 0.2) is 188 Å². The topological polar surface area (TPSA) is 8.17 Å². The Kier molecular flexibility index (Phi) is 6.34. The van der Waals surface area contributed by atoms with E-state index in [0.29, 0.717) is 0 Å². The Labute approximate surface area is 292 Å². The Bertz CT molecular complexity index is 2670. The second-order valence-electron chi connectivity index (χ2n) is 13.5. The molecule has 0 amide bonds. The van der Waals surface area contributed by atoms with Crippen molar-refractivity contribution in [2.75, 3.05) is 4.90 Å². The van der Waals surface area contributed by atoms with Gasteiger partial charge in [0.25, 0.3) is 0 Å². The highest BCUT2D eigenvalue weighted by atomic mass is 15.1. The lowest BCUT2D eigenvalue weighted by Gasteiger charge is -2.28. The van der Waals surface area contributed by atoms with E-state index in [2.05, 4.69) is 204 Å². The van der Waals surface area contributed by atoms with Crippen molar-refractivity contribution in [1.29, 1.82) is 0 Å². The lowest BCUT2D eigenvalue weighted by atomic mass is 9.74. The van der Waals surface area contributed by atoms with Crippen LogP contribution < -0.4 is 4.90 Å². The van der Waals surface area contributed by atoms with Gasteiger partial charge in [0, 0.05) is 38.9 Å². The number of fused-ring (bicyclic) bond motifs is 8. The van der Waals surface area contributed by atoms with E-state index >= 15 is 0 Å². The fourth-order valence-electron chi connectivity index (χ4n) is 8.49. The molecule has 9 aromatic rings. The van der Waals surface area contributed by atoms with Gasteiger partial charge in [-0.2, -0.15) is 0 Å². The average Bonchev–Trinajstić information content (AvgIpc) is 3.65. The molecule has 1 aliphatic rings. The largest absolute Gasteiger partial charge is 0.310 e. The van der Waals surface area contributed by atoms with Gasteiger partial charge in [-0.05, 0) is 112 Å². The third-order valence-corrected chi connectivity index (χ3v) is 10.8. The molecule has 2 heteroatoms. The van der Waals surface area contributed by atoms with Crippen LogP contribution in [0.2, 0.25) is 0 Å². The highest BCUT2D eigenvalue weighted by molar-refractivity contribution is 6.11. The van der Waals surface area contributed by atoms with Gasteiger partial charge in [-0.15, -0.1) is 0 Å². The molecule has 0 bridgehead atoms. The SMILES string of the molecule is CC1(c2ccc3c(c2)c2cc(N(c4ccccc4)c4ccccc4)ccc2n3-c2ccccc2)c2ccccc2-c2c1ccc1ccccc21. The first-order valence-corrected chi connectivity index (χ1v) is 17.4. The summed E-state index contributed by atoms with van der Waals surface area (Å²) in [5.74, 6) is 0. The van der Waals surface area contributed by atoms with Crippen LogP contribution in [0.25, 0.3) is 49.4 Å². The second-order valence-corrected chi connectivity index (χ2v) is 13.5. The number of para-hydroxylation sites is 3. The van der Waals surface area contributed by atoms with Gasteiger partial charge < -0.3 is 9.47 Å². The molecule has 1 aliphatic carbocycles. The van der Waals surface area contributed by atoms with Crippen molar-refractivity contribution in [3.63, 3.8) is 0 Å². The van der Waals surface area contributed by atoms with Crippen LogP contribution in [0, 0.1) is 0 Å². The molecule has 1 aromatic heterocycles. The van der Waals surface area contributed by atoms with E-state index in [1.807, 2.05) is 0 Å². The van der Waals surface area contributed by atoms with Crippen LogP contribution in [0.4, 0.5) is 17.1 Å². The normalized spacial score (nSPS) is 15.0. The lowest BCUT2D eigenvalue weighted by molar-refractivity contribution is 0.715. The van der Waals surface area contributed by atoms with Gasteiger partial charge in [-0.25, -0.2) is 0 Å². The number of anilines is 3. The Hall–Kier alpha value is -6.38. The summed E-state index contributed by atoms with van der Waals surface area (Å²) < 4.78 is 2.42. The predicted octanol–water partition coefficient (Wildman–Crippen LogP) is 12.7. The van der Waals surface area contributed by atoms with E-state index < -0.39 is 0 Å². The third-order valence-electron chi connectivity index (χ3n) is 10.8. The molecule has 0 radical (unpaired) electrons. The molecule has 8 aromatic carbocycles. The van der Waals surface area contributed by atoms with E-state index in [1.54, 1.807) is 0 Å². The third kappa shape index (κ3) is 4.15. The Morgan fingerprint density at radius 2 is 1.04 bits per heavy atom. The van der Waals surface area contributed by atoms with Crippen LogP contribution in [-0.4, -0.2) is 4.57 Å². The molecule has 0 fully saturated rings. The van der Waals surface area contributed by atoms with Gasteiger partial charge in [-0.3, -0.25) is 0 Å². The maximum Gasteiger partial charge on any atom is 0.0542 e. The molecule has 236 valence electrons. The highest BCUT2D eigenvalue weighted by Gasteiger charge is 2.41. The Morgan fingerprint density at radius 1 is 0.440 bits per heavy atom. The van der Waals surface area contributed by atoms with Crippen molar-refractivity contribution in [2.45, 2.75) is 12.3 Å². The lowest BCUT2D eigenvalue weighted by Crippen LogP contribution is -2.22.